The van der Waals surface area contributed by atoms with Gasteiger partial charge in [-0.2, -0.15) is 9.78 Å². The maximum atomic E-state index is 12.7. The van der Waals surface area contributed by atoms with Crippen molar-refractivity contribution in [3.8, 4) is 22.8 Å². The van der Waals surface area contributed by atoms with Crippen LogP contribution in [0.2, 0.25) is 5.02 Å². The van der Waals surface area contributed by atoms with E-state index in [9.17, 15) is 4.79 Å². The van der Waals surface area contributed by atoms with Gasteiger partial charge in [0, 0.05) is 16.1 Å². The molecule has 0 amide bonds. The Balaban J connectivity index is 1.78. The van der Waals surface area contributed by atoms with E-state index in [4.69, 9.17) is 21.1 Å². The van der Waals surface area contributed by atoms with Crippen molar-refractivity contribution in [3.63, 3.8) is 0 Å². The molecule has 1 aliphatic heterocycles. The van der Waals surface area contributed by atoms with Gasteiger partial charge < -0.3 is 14.8 Å². The molecule has 0 radical (unpaired) electrons. The number of fused-ring (bicyclic) bond motifs is 2. The molecule has 11 heteroatoms. The van der Waals surface area contributed by atoms with Crippen molar-refractivity contribution in [2.45, 2.75) is 6.04 Å². The van der Waals surface area contributed by atoms with Gasteiger partial charge >= 0.3 is 0 Å². The number of benzene rings is 2. The van der Waals surface area contributed by atoms with Crippen LogP contribution in [0.15, 0.2) is 47.3 Å². The largest absolute Gasteiger partial charge is 0.493 e. The number of rotatable bonds is 4. The zero-order valence-corrected chi connectivity index (χ0v) is 17.2. The maximum absolute atomic E-state index is 12.7. The highest BCUT2D eigenvalue weighted by Crippen LogP contribution is 2.42. The van der Waals surface area contributed by atoms with Crippen molar-refractivity contribution in [1.82, 2.24) is 30.4 Å². The van der Waals surface area contributed by atoms with Gasteiger partial charge in [0.05, 0.1) is 19.9 Å². The molecule has 1 aliphatic rings. The fourth-order valence-corrected chi connectivity index (χ4v) is 3.82. The van der Waals surface area contributed by atoms with Crippen LogP contribution in [0, 0.1) is 0 Å². The van der Waals surface area contributed by atoms with Crippen LogP contribution in [-0.4, -0.2) is 44.6 Å². The predicted molar refractivity (Wildman–Crippen MR) is 113 cm³/mol. The lowest BCUT2D eigenvalue weighted by atomic mass is 9.92. The van der Waals surface area contributed by atoms with Gasteiger partial charge in [0.25, 0.3) is 5.56 Å². The van der Waals surface area contributed by atoms with Gasteiger partial charge in [0.15, 0.2) is 11.5 Å². The normalized spacial score (nSPS) is 14.4. The highest BCUT2D eigenvalue weighted by atomic mass is 35.5. The zero-order valence-electron chi connectivity index (χ0n) is 16.5. The fourth-order valence-electron chi connectivity index (χ4n) is 3.69. The van der Waals surface area contributed by atoms with E-state index in [-0.39, 0.29) is 5.56 Å². The molecule has 2 aromatic carbocycles. The van der Waals surface area contributed by atoms with Crippen LogP contribution in [0.4, 0.5) is 11.6 Å². The van der Waals surface area contributed by atoms with Gasteiger partial charge in [-0.1, -0.05) is 28.8 Å². The van der Waals surface area contributed by atoms with Crippen LogP contribution in [0.1, 0.15) is 17.2 Å². The van der Waals surface area contributed by atoms with Crippen LogP contribution in [0.5, 0.6) is 11.5 Å². The Morgan fingerprint density at radius 3 is 2.58 bits per heavy atom. The summed E-state index contributed by atoms with van der Waals surface area (Å²) in [6.07, 6.45) is 0. The average molecular weight is 438 g/mol. The van der Waals surface area contributed by atoms with E-state index in [1.807, 2.05) is 18.2 Å². The van der Waals surface area contributed by atoms with E-state index in [2.05, 4.69) is 31.0 Å². The molecule has 1 atom stereocenters. The molecule has 0 spiro atoms. The summed E-state index contributed by atoms with van der Waals surface area (Å²) in [6, 6.07) is 12.2. The molecular weight excluding hydrogens is 422 g/mol. The molecule has 2 aromatic heterocycles. The molecule has 0 fully saturated rings. The van der Waals surface area contributed by atoms with Gasteiger partial charge in [-0.05, 0) is 46.3 Å². The number of methoxy groups -OCH3 is 2. The molecule has 1 unspecified atom stereocenters. The Labute approximate surface area is 180 Å². The van der Waals surface area contributed by atoms with Crippen LogP contribution < -0.4 is 20.3 Å². The molecule has 10 nitrogen and oxygen atoms in total. The molecule has 31 heavy (non-hydrogen) atoms. The Morgan fingerprint density at radius 1 is 1.06 bits per heavy atom. The third-order valence-electron chi connectivity index (χ3n) is 5.11. The molecule has 3 heterocycles. The van der Waals surface area contributed by atoms with E-state index >= 15 is 0 Å². The predicted octanol–water partition coefficient (Wildman–Crippen LogP) is 2.79. The molecule has 2 N–H and O–H groups in total. The first-order valence-corrected chi connectivity index (χ1v) is 9.64. The zero-order chi connectivity index (χ0) is 21.5. The number of hydrogen-bond donors (Lipinski definition) is 2. The summed E-state index contributed by atoms with van der Waals surface area (Å²) in [7, 11) is 3.13. The van der Waals surface area contributed by atoms with Gasteiger partial charge in [-0.3, -0.25) is 4.79 Å². The molecular formula is C20H16ClN7O3. The fraction of sp³-hybridized carbons (Fsp3) is 0.150. The summed E-state index contributed by atoms with van der Waals surface area (Å²) in [6.45, 7) is 0. The number of halogens is 1. The first-order chi connectivity index (χ1) is 15.1. The van der Waals surface area contributed by atoms with Crippen molar-refractivity contribution in [3.05, 3.63) is 69.0 Å². The second kappa shape index (κ2) is 7.40. The average Bonchev–Trinajstić information content (AvgIpc) is 3.27. The summed E-state index contributed by atoms with van der Waals surface area (Å²) in [5.74, 6) is 1.47. The minimum absolute atomic E-state index is 0.321. The van der Waals surface area contributed by atoms with E-state index in [0.717, 1.165) is 11.1 Å². The van der Waals surface area contributed by atoms with Crippen molar-refractivity contribution in [2.75, 3.05) is 19.5 Å². The Bertz CT molecular complexity index is 1330. The number of H-pyrrole nitrogens is 1. The van der Waals surface area contributed by atoms with E-state index in [1.54, 1.807) is 43.2 Å². The third-order valence-corrected chi connectivity index (χ3v) is 5.36. The number of hydrogen-bond acceptors (Lipinski definition) is 8. The summed E-state index contributed by atoms with van der Waals surface area (Å²) in [5, 5.41) is 22.4. The SMILES string of the molecule is COc1ccc(-c2n[nH]c(=O)c3c2C(c2ccc(Cl)cc2)n2nnnc2N3)cc1OC. The van der Waals surface area contributed by atoms with Gasteiger partial charge in [-0.15, -0.1) is 0 Å². The lowest BCUT2D eigenvalue weighted by Gasteiger charge is -2.28. The Morgan fingerprint density at radius 2 is 1.84 bits per heavy atom. The topological polar surface area (TPSA) is 120 Å². The first-order valence-electron chi connectivity index (χ1n) is 9.26. The second-order valence-electron chi connectivity index (χ2n) is 6.79. The Kier molecular flexibility index (Phi) is 4.55. The molecule has 0 saturated heterocycles. The quantitative estimate of drug-likeness (QED) is 0.440. The third kappa shape index (κ3) is 3.08. The van der Waals surface area contributed by atoms with Crippen LogP contribution in [-0.2, 0) is 0 Å². The van der Waals surface area contributed by atoms with Crippen LogP contribution in [0.25, 0.3) is 11.3 Å². The van der Waals surface area contributed by atoms with E-state index in [0.29, 0.717) is 39.4 Å². The van der Waals surface area contributed by atoms with Crippen molar-refractivity contribution in [1.29, 1.82) is 0 Å². The van der Waals surface area contributed by atoms with Gasteiger partial charge in [-0.25, -0.2) is 5.10 Å². The van der Waals surface area contributed by atoms with Crippen LogP contribution >= 0.6 is 11.6 Å². The number of aromatic nitrogens is 6. The lowest BCUT2D eigenvalue weighted by molar-refractivity contribution is 0.355. The number of nitrogens with zero attached hydrogens (tertiary/aromatic N) is 5. The number of nitrogens with one attached hydrogen (secondary N) is 2. The van der Waals surface area contributed by atoms with E-state index in [1.165, 1.54) is 0 Å². The standard InChI is InChI=1S/C20H16ClN7O3/c1-30-13-8-5-11(9-14(13)31-2)16-15-17(19(29)24-23-16)22-20-25-26-27-28(20)18(15)10-3-6-12(21)7-4-10/h3-9,18H,1-2H3,(H,24,29)(H,22,25,27). The number of anilines is 2. The number of ether oxygens (including phenoxy) is 2. The highest BCUT2D eigenvalue weighted by Gasteiger charge is 2.34. The second-order valence-corrected chi connectivity index (χ2v) is 7.22. The monoisotopic (exact) mass is 437 g/mol. The smallest absolute Gasteiger partial charge is 0.288 e. The first kappa shape index (κ1) is 19.1. The van der Waals surface area contributed by atoms with Crippen molar-refractivity contribution >= 4 is 23.2 Å². The summed E-state index contributed by atoms with van der Waals surface area (Å²) in [4.78, 5) is 12.7. The number of tetrazole rings is 1. The van der Waals surface area contributed by atoms with Crippen molar-refractivity contribution < 1.29 is 9.47 Å². The summed E-state index contributed by atoms with van der Waals surface area (Å²) < 4.78 is 12.4. The Hall–Kier alpha value is -3.92. The molecule has 4 aromatic rings. The van der Waals surface area contributed by atoms with Gasteiger partial charge in [0.2, 0.25) is 5.95 Å². The minimum atomic E-state index is -0.503. The molecule has 0 aliphatic carbocycles. The minimum Gasteiger partial charge on any atom is -0.493 e. The van der Waals surface area contributed by atoms with Gasteiger partial charge in [0.1, 0.15) is 11.7 Å². The lowest BCUT2D eigenvalue weighted by Crippen LogP contribution is -2.29. The molecule has 0 bridgehead atoms. The maximum Gasteiger partial charge on any atom is 0.288 e. The molecule has 5 rings (SSSR count). The summed E-state index contributed by atoms with van der Waals surface area (Å²) >= 11 is 6.09. The molecule has 0 saturated carbocycles. The highest BCUT2D eigenvalue weighted by molar-refractivity contribution is 6.30. The number of aromatic amines is 1. The molecule has 156 valence electrons. The van der Waals surface area contributed by atoms with Crippen LogP contribution in [0.3, 0.4) is 0 Å². The van der Waals surface area contributed by atoms with Crippen molar-refractivity contribution in [2.24, 2.45) is 0 Å². The summed E-state index contributed by atoms with van der Waals surface area (Å²) in [5.41, 5.74) is 2.67. The van der Waals surface area contributed by atoms with E-state index < -0.39 is 6.04 Å².